The first-order valence-corrected chi connectivity index (χ1v) is 14.9. The van der Waals surface area contributed by atoms with Crippen LogP contribution in [0.3, 0.4) is 0 Å². The van der Waals surface area contributed by atoms with Gasteiger partial charge < -0.3 is 4.90 Å². The maximum absolute atomic E-state index is 14.2. The third kappa shape index (κ3) is 4.76. The molecule has 1 saturated heterocycles. The monoisotopic (exact) mass is 562 g/mol. The Morgan fingerprint density at radius 3 is 2.38 bits per heavy atom. The lowest BCUT2D eigenvalue weighted by Crippen LogP contribution is -2.47. The van der Waals surface area contributed by atoms with E-state index in [1.165, 1.54) is 10.6 Å². The highest BCUT2D eigenvalue weighted by atomic mass is 32.2. The number of pyridine rings is 1. The van der Waals surface area contributed by atoms with E-state index in [0.717, 1.165) is 36.2 Å². The van der Waals surface area contributed by atoms with Crippen molar-refractivity contribution in [3.8, 4) is 0 Å². The van der Waals surface area contributed by atoms with E-state index < -0.39 is 11.4 Å². The number of hydrogen-bond acceptors (Lipinski definition) is 6. The highest BCUT2D eigenvalue weighted by Gasteiger charge is 2.34. The van der Waals surface area contributed by atoms with Crippen molar-refractivity contribution in [3.63, 3.8) is 0 Å². The Morgan fingerprint density at radius 2 is 1.70 bits per heavy atom. The fourth-order valence-corrected chi connectivity index (χ4v) is 7.23. The van der Waals surface area contributed by atoms with Crippen LogP contribution in [0, 0.1) is 12.7 Å². The van der Waals surface area contributed by atoms with E-state index in [-0.39, 0.29) is 40.8 Å². The molecule has 0 spiro atoms. The van der Waals surface area contributed by atoms with E-state index in [2.05, 4.69) is 15.2 Å². The summed E-state index contributed by atoms with van der Waals surface area (Å²) in [6.07, 6.45) is 6.50. The molecular weight excluding hydrogens is 531 g/mol. The topological polar surface area (TPSA) is 106 Å². The Morgan fingerprint density at radius 1 is 1.00 bits per heavy atom. The van der Waals surface area contributed by atoms with Crippen LogP contribution in [0.25, 0.3) is 11.0 Å². The Hall–Kier alpha value is -3.73. The quantitative estimate of drug-likeness (QED) is 0.380. The SMILES string of the molecule is Cc1[nH]ncc1C(=O)N(c1ccccc1)C1CCC(n2c(=O)c3cc(F)cnc3n(C3CCSCC3)c2=O)CC1. The van der Waals surface area contributed by atoms with Gasteiger partial charge in [-0.05, 0) is 75.2 Å². The number of carbonyl (C=O) groups excluding carboxylic acids is 1. The fourth-order valence-electron chi connectivity index (χ4n) is 6.15. The zero-order valence-corrected chi connectivity index (χ0v) is 23.1. The van der Waals surface area contributed by atoms with Gasteiger partial charge in [0.05, 0.1) is 23.3 Å². The summed E-state index contributed by atoms with van der Waals surface area (Å²) < 4.78 is 17.2. The number of fused-ring (bicyclic) bond motifs is 1. The second kappa shape index (κ2) is 11.0. The summed E-state index contributed by atoms with van der Waals surface area (Å²) in [5, 5.41) is 7.01. The van der Waals surface area contributed by atoms with E-state index in [9.17, 15) is 18.8 Å². The van der Waals surface area contributed by atoms with Gasteiger partial charge in [-0.3, -0.25) is 23.8 Å². The lowest BCUT2D eigenvalue weighted by atomic mass is 9.89. The minimum absolute atomic E-state index is 0.0817. The number of aromatic amines is 1. The summed E-state index contributed by atoms with van der Waals surface area (Å²) in [5.74, 6) is 1.10. The first-order valence-electron chi connectivity index (χ1n) is 13.7. The van der Waals surface area contributed by atoms with Crippen LogP contribution in [-0.2, 0) is 0 Å². The van der Waals surface area contributed by atoms with E-state index in [1.54, 1.807) is 10.8 Å². The Bertz CT molecular complexity index is 1650. The predicted molar refractivity (Wildman–Crippen MR) is 154 cm³/mol. The first-order chi connectivity index (χ1) is 19.4. The number of rotatable bonds is 5. The third-order valence-corrected chi connectivity index (χ3v) is 9.24. The van der Waals surface area contributed by atoms with E-state index >= 15 is 0 Å². The van der Waals surface area contributed by atoms with Gasteiger partial charge in [0.1, 0.15) is 11.5 Å². The second-order valence-corrected chi connectivity index (χ2v) is 11.8. The predicted octanol–water partition coefficient (Wildman–Crippen LogP) is 4.63. The standard InChI is InChI=1S/C29H31FN6O3S/c1-18-25(17-32-33-18)28(38)34(20-5-3-2-4-6-20)21-7-9-22(10-8-21)36-27(37)24-15-19(30)16-31-26(24)35(29(36)39)23-11-13-40-14-12-23/h2-6,15-17,21-23H,7-14H2,1H3,(H,32,33). The van der Waals surface area contributed by atoms with Crippen molar-refractivity contribution in [1.29, 1.82) is 0 Å². The van der Waals surface area contributed by atoms with Crippen LogP contribution in [-0.4, -0.2) is 47.8 Å². The minimum atomic E-state index is -0.601. The minimum Gasteiger partial charge on any atom is -0.305 e. The number of para-hydroxylation sites is 1. The van der Waals surface area contributed by atoms with Crippen LogP contribution in [0.2, 0.25) is 0 Å². The Kier molecular flexibility index (Phi) is 7.31. The fraction of sp³-hybridized carbons (Fsp3) is 0.414. The Labute approximate surface area is 234 Å². The molecule has 2 fully saturated rings. The van der Waals surface area contributed by atoms with Gasteiger partial charge in [0, 0.05) is 29.5 Å². The number of carbonyl (C=O) groups is 1. The number of hydrogen-bond donors (Lipinski definition) is 1. The van der Waals surface area contributed by atoms with Gasteiger partial charge in [0.2, 0.25) is 0 Å². The molecule has 1 aliphatic heterocycles. The molecule has 1 amide bonds. The van der Waals surface area contributed by atoms with Gasteiger partial charge >= 0.3 is 5.69 Å². The molecule has 208 valence electrons. The first kappa shape index (κ1) is 26.5. The number of H-pyrrole nitrogens is 1. The van der Waals surface area contributed by atoms with Crippen molar-refractivity contribution in [2.75, 3.05) is 16.4 Å². The number of anilines is 1. The van der Waals surface area contributed by atoms with Gasteiger partial charge in [-0.15, -0.1) is 0 Å². The molecule has 9 nitrogen and oxygen atoms in total. The zero-order valence-electron chi connectivity index (χ0n) is 22.3. The molecule has 1 N–H and O–H groups in total. The zero-order chi connectivity index (χ0) is 27.8. The van der Waals surface area contributed by atoms with Crippen LogP contribution in [0.1, 0.15) is 66.7 Å². The van der Waals surface area contributed by atoms with E-state index in [4.69, 9.17) is 0 Å². The molecule has 11 heteroatoms. The summed E-state index contributed by atoms with van der Waals surface area (Å²) in [6, 6.07) is 10.2. The molecule has 40 heavy (non-hydrogen) atoms. The molecule has 4 heterocycles. The van der Waals surface area contributed by atoms with Crippen molar-refractivity contribution in [1.82, 2.24) is 24.3 Å². The maximum atomic E-state index is 14.2. The second-order valence-electron chi connectivity index (χ2n) is 10.6. The number of amides is 1. The van der Waals surface area contributed by atoms with Crippen LogP contribution >= 0.6 is 11.8 Å². The summed E-state index contributed by atoms with van der Waals surface area (Å²) in [5.41, 5.74) is 1.39. The molecule has 2 aliphatic rings. The van der Waals surface area contributed by atoms with Crippen LogP contribution in [0.4, 0.5) is 10.1 Å². The smallest absolute Gasteiger partial charge is 0.305 e. The van der Waals surface area contributed by atoms with Crippen LogP contribution < -0.4 is 16.1 Å². The molecule has 1 aliphatic carbocycles. The summed E-state index contributed by atoms with van der Waals surface area (Å²) >= 11 is 1.84. The maximum Gasteiger partial charge on any atom is 0.333 e. The van der Waals surface area contributed by atoms with Gasteiger partial charge in [0.25, 0.3) is 11.5 Å². The average molecular weight is 563 g/mol. The number of halogens is 1. The molecular formula is C29H31FN6O3S. The van der Waals surface area contributed by atoms with Crippen molar-refractivity contribution in [3.05, 3.63) is 86.7 Å². The number of aryl methyl sites for hydroxylation is 1. The molecule has 4 aromatic rings. The molecule has 0 radical (unpaired) electrons. The number of nitrogens with one attached hydrogen (secondary N) is 1. The van der Waals surface area contributed by atoms with Crippen molar-refractivity contribution in [2.45, 2.75) is 63.6 Å². The lowest BCUT2D eigenvalue weighted by Gasteiger charge is -2.37. The molecule has 0 atom stereocenters. The normalized spacial score (nSPS) is 20.1. The number of aromatic nitrogens is 5. The van der Waals surface area contributed by atoms with Gasteiger partial charge in [0.15, 0.2) is 0 Å². The van der Waals surface area contributed by atoms with Gasteiger partial charge in [-0.2, -0.15) is 16.9 Å². The summed E-state index contributed by atoms with van der Waals surface area (Å²) in [6.45, 7) is 1.82. The molecule has 1 saturated carbocycles. The average Bonchev–Trinajstić information content (AvgIpc) is 3.41. The van der Waals surface area contributed by atoms with E-state index in [1.807, 2.05) is 53.9 Å². The van der Waals surface area contributed by atoms with Crippen molar-refractivity contribution >= 4 is 34.4 Å². The Balaban J connectivity index is 1.35. The highest BCUT2D eigenvalue weighted by Crippen LogP contribution is 2.34. The molecule has 1 aromatic carbocycles. The molecule has 6 rings (SSSR count). The van der Waals surface area contributed by atoms with Crippen molar-refractivity contribution < 1.29 is 9.18 Å². The number of benzene rings is 1. The van der Waals surface area contributed by atoms with Crippen molar-refractivity contribution in [2.24, 2.45) is 0 Å². The molecule has 3 aromatic heterocycles. The third-order valence-electron chi connectivity index (χ3n) is 8.19. The highest BCUT2D eigenvalue weighted by molar-refractivity contribution is 7.99. The number of thioether (sulfide) groups is 1. The largest absolute Gasteiger partial charge is 0.333 e. The van der Waals surface area contributed by atoms with Gasteiger partial charge in [-0.1, -0.05) is 18.2 Å². The van der Waals surface area contributed by atoms with Gasteiger partial charge in [-0.25, -0.2) is 14.2 Å². The van der Waals surface area contributed by atoms with Crippen LogP contribution in [0.5, 0.6) is 0 Å². The lowest BCUT2D eigenvalue weighted by molar-refractivity contribution is 0.0966. The summed E-state index contributed by atoms with van der Waals surface area (Å²) in [7, 11) is 0. The summed E-state index contributed by atoms with van der Waals surface area (Å²) in [4.78, 5) is 47.3. The molecule has 0 unspecified atom stereocenters. The van der Waals surface area contributed by atoms with E-state index in [0.29, 0.717) is 36.9 Å². The van der Waals surface area contributed by atoms with Crippen LogP contribution in [0.15, 0.2) is 58.4 Å². The molecule has 0 bridgehead atoms. The number of nitrogens with zero attached hydrogens (tertiary/aromatic N) is 5.